The van der Waals surface area contributed by atoms with E-state index in [1.54, 1.807) is 0 Å². The molecule has 0 aliphatic carbocycles. The number of ether oxygens (including phenoxy) is 1. The van der Waals surface area contributed by atoms with E-state index < -0.39 is 5.66 Å². The van der Waals surface area contributed by atoms with Gasteiger partial charge in [-0.15, -0.1) is 17.0 Å². The van der Waals surface area contributed by atoms with Crippen LogP contribution in [0.1, 0.15) is 26.3 Å². The fraction of sp³-hybridized carbons (Fsp3) is 0.467. The molecule has 0 radical (unpaired) electrons. The minimum Gasteiger partial charge on any atom is -0.488 e. The Bertz CT molecular complexity index is 603. The van der Waals surface area contributed by atoms with Crippen LogP contribution in [0.4, 0.5) is 0 Å². The van der Waals surface area contributed by atoms with Gasteiger partial charge in [-0.25, -0.2) is 4.99 Å². The average Bonchev–Trinajstić information content (AvgIpc) is 2.39. The quantitative estimate of drug-likeness (QED) is 0.806. The van der Waals surface area contributed by atoms with Crippen LogP contribution in [0, 0.1) is 6.92 Å². The standard InChI is InChI=1S/C15H23N5O2.BrH/c1-10-7-5-6-8-12(10)22-11(2)9-21-20-14(17)18-13(16)19-15(20,3)4;/h5-8,11H,9H2,1-4H3,(H4,16,17,18,19);1H. The van der Waals surface area contributed by atoms with Crippen molar-refractivity contribution in [1.82, 2.24) is 5.06 Å². The van der Waals surface area contributed by atoms with Crippen molar-refractivity contribution in [3.63, 3.8) is 0 Å². The van der Waals surface area contributed by atoms with Crippen molar-refractivity contribution < 1.29 is 9.57 Å². The second-order valence-electron chi connectivity index (χ2n) is 5.72. The lowest BCUT2D eigenvalue weighted by Crippen LogP contribution is -2.54. The predicted molar refractivity (Wildman–Crippen MR) is 96.7 cm³/mol. The van der Waals surface area contributed by atoms with Crippen molar-refractivity contribution in [2.75, 3.05) is 6.61 Å². The lowest BCUT2D eigenvalue weighted by Gasteiger charge is -2.37. The molecule has 1 aliphatic rings. The maximum Gasteiger partial charge on any atom is 0.226 e. The van der Waals surface area contributed by atoms with Crippen LogP contribution in [0.15, 0.2) is 34.3 Å². The van der Waals surface area contributed by atoms with Crippen LogP contribution in [0.3, 0.4) is 0 Å². The Morgan fingerprint density at radius 1 is 1.26 bits per heavy atom. The zero-order chi connectivity index (χ0) is 16.3. The van der Waals surface area contributed by atoms with Gasteiger partial charge in [-0.2, -0.15) is 10.1 Å². The second-order valence-corrected chi connectivity index (χ2v) is 5.72. The Balaban J connectivity index is 0.00000264. The van der Waals surface area contributed by atoms with E-state index in [2.05, 4.69) is 9.98 Å². The third-order valence-corrected chi connectivity index (χ3v) is 3.18. The van der Waals surface area contributed by atoms with Crippen LogP contribution >= 0.6 is 17.0 Å². The predicted octanol–water partition coefficient (Wildman–Crippen LogP) is 1.95. The first kappa shape index (κ1) is 19.2. The number of aliphatic imine (C=N–C) groups is 2. The molecular formula is C15H24BrN5O2. The molecule has 0 aromatic heterocycles. The smallest absolute Gasteiger partial charge is 0.226 e. The van der Waals surface area contributed by atoms with Gasteiger partial charge in [-0.3, -0.25) is 4.84 Å². The molecule has 1 aromatic carbocycles. The van der Waals surface area contributed by atoms with Crippen LogP contribution < -0.4 is 16.2 Å². The van der Waals surface area contributed by atoms with Gasteiger partial charge in [0.1, 0.15) is 18.5 Å². The fourth-order valence-corrected chi connectivity index (χ4v) is 2.14. The molecule has 1 atom stereocenters. The number of nitrogens with zero attached hydrogens (tertiary/aromatic N) is 3. The number of benzene rings is 1. The monoisotopic (exact) mass is 385 g/mol. The summed E-state index contributed by atoms with van der Waals surface area (Å²) in [5.41, 5.74) is 11.8. The molecule has 0 bridgehead atoms. The van der Waals surface area contributed by atoms with E-state index in [1.165, 1.54) is 5.06 Å². The molecule has 0 saturated carbocycles. The maximum atomic E-state index is 5.87. The molecule has 1 unspecified atom stereocenters. The largest absolute Gasteiger partial charge is 0.488 e. The second kappa shape index (κ2) is 7.65. The van der Waals surface area contributed by atoms with Gasteiger partial charge in [0.05, 0.1) is 0 Å². The Morgan fingerprint density at radius 2 is 1.91 bits per heavy atom. The van der Waals surface area contributed by atoms with E-state index in [0.29, 0.717) is 6.61 Å². The zero-order valence-electron chi connectivity index (χ0n) is 13.8. The van der Waals surface area contributed by atoms with Crippen molar-refractivity contribution in [2.24, 2.45) is 21.5 Å². The van der Waals surface area contributed by atoms with Crippen molar-refractivity contribution in [1.29, 1.82) is 0 Å². The molecule has 0 fully saturated rings. The first-order chi connectivity index (χ1) is 10.3. The topological polar surface area (TPSA) is 98.5 Å². The summed E-state index contributed by atoms with van der Waals surface area (Å²) in [5, 5.41) is 1.45. The SMILES string of the molecule is Br.Cc1ccccc1OC(C)CON1C(N)=NC(N)=NC1(C)C. The molecule has 0 amide bonds. The maximum absolute atomic E-state index is 5.87. The highest BCUT2D eigenvalue weighted by Crippen LogP contribution is 2.21. The number of halogens is 1. The Hall–Kier alpha value is -1.80. The van der Waals surface area contributed by atoms with E-state index in [1.807, 2.05) is 52.0 Å². The molecule has 4 N–H and O–H groups in total. The number of hydroxylamine groups is 2. The van der Waals surface area contributed by atoms with E-state index in [0.717, 1.165) is 11.3 Å². The third-order valence-electron chi connectivity index (χ3n) is 3.18. The van der Waals surface area contributed by atoms with Gasteiger partial charge in [0.2, 0.25) is 11.9 Å². The first-order valence-corrected chi connectivity index (χ1v) is 7.14. The third kappa shape index (κ3) is 4.84. The Morgan fingerprint density at radius 3 is 2.52 bits per heavy atom. The lowest BCUT2D eigenvalue weighted by molar-refractivity contribution is -0.171. The minimum atomic E-state index is -0.710. The molecular weight excluding hydrogens is 362 g/mol. The van der Waals surface area contributed by atoms with E-state index in [-0.39, 0.29) is 35.0 Å². The molecule has 0 saturated heterocycles. The van der Waals surface area contributed by atoms with E-state index in [9.17, 15) is 0 Å². The number of guanidine groups is 2. The number of aryl methyl sites for hydroxylation is 1. The number of hydrogen-bond acceptors (Lipinski definition) is 7. The molecule has 1 heterocycles. The molecule has 1 aliphatic heterocycles. The molecule has 8 heteroatoms. The molecule has 1 aromatic rings. The minimum absolute atomic E-state index is 0. The fourth-order valence-electron chi connectivity index (χ4n) is 2.14. The van der Waals surface area contributed by atoms with Crippen LogP contribution in [-0.2, 0) is 4.84 Å². The van der Waals surface area contributed by atoms with Gasteiger partial charge in [0.25, 0.3) is 0 Å². The first-order valence-electron chi connectivity index (χ1n) is 7.14. The Kier molecular flexibility index (Phi) is 6.40. The van der Waals surface area contributed by atoms with Gasteiger partial charge < -0.3 is 16.2 Å². The normalized spacial score (nSPS) is 17.7. The van der Waals surface area contributed by atoms with Crippen molar-refractivity contribution in [2.45, 2.75) is 39.5 Å². The summed E-state index contributed by atoms with van der Waals surface area (Å²) in [6.45, 7) is 7.92. The van der Waals surface area contributed by atoms with Gasteiger partial charge in [0, 0.05) is 0 Å². The van der Waals surface area contributed by atoms with Crippen LogP contribution in [0.2, 0.25) is 0 Å². The summed E-state index contributed by atoms with van der Waals surface area (Å²) in [7, 11) is 0. The molecule has 23 heavy (non-hydrogen) atoms. The summed E-state index contributed by atoms with van der Waals surface area (Å²) in [4.78, 5) is 13.9. The number of para-hydroxylation sites is 1. The highest BCUT2D eigenvalue weighted by molar-refractivity contribution is 8.93. The van der Waals surface area contributed by atoms with Crippen molar-refractivity contribution in [3.05, 3.63) is 29.8 Å². The number of rotatable bonds is 5. The van der Waals surface area contributed by atoms with Crippen LogP contribution in [0.5, 0.6) is 5.75 Å². The van der Waals surface area contributed by atoms with E-state index in [4.69, 9.17) is 21.0 Å². The summed E-state index contributed by atoms with van der Waals surface area (Å²) in [6.07, 6.45) is -0.159. The molecule has 0 spiro atoms. The van der Waals surface area contributed by atoms with Crippen molar-refractivity contribution in [3.8, 4) is 5.75 Å². The van der Waals surface area contributed by atoms with Gasteiger partial charge in [-0.1, -0.05) is 18.2 Å². The highest BCUT2D eigenvalue weighted by atomic mass is 79.9. The summed E-state index contributed by atoms with van der Waals surface area (Å²) < 4.78 is 5.87. The van der Waals surface area contributed by atoms with Crippen molar-refractivity contribution >= 4 is 28.9 Å². The molecule has 128 valence electrons. The van der Waals surface area contributed by atoms with Gasteiger partial charge >= 0.3 is 0 Å². The Labute approximate surface area is 147 Å². The summed E-state index contributed by atoms with van der Waals surface area (Å²) in [5.74, 6) is 1.16. The van der Waals surface area contributed by atoms with Crippen LogP contribution in [0.25, 0.3) is 0 Å². The molecule has 7 nitrogen and oxygen atoms in total. The lowest BCUT2D eigenvalue weighted by atomic mass is 10.2. The van der Waals surface area contributed by atoms with E-state index >= 15 is 0 Å². The zero-order valence-corrected chi connectivity index (χ0v) is 15.5. The summed E-state index contributed by atoms with van der Waals surface area (Å²) in [6, 6.07) is 7.83. The van der Waals surface area contributed by atoms with Gasteiger partial charge in [-0.05, 0) is 39.3 Å². The number of nitrogens with two attached hydrogens (primary N) is 2. The highest BCUT2D eigenvalue weighted by Gasteiger charge is 2.33. The van der Waals surface area contributed by atoms with Gasteiger partial charge in [0.15, 0.2) is 5.66 Å². The summed E-state index contributed by atoms with van der Waals surface area (Å²) >= 11 is 0. The molecule has 2 rings (SSSR count). The number of hydrogen-bond donors (Lipinski definition) is 2. The average molecular weight is 386 g/mol. The van der Waals surface area contributed by atoms with Crippen LogP contribution in [-0.4, -0.2) is 35.4 Å².